The van der Waals surface area contributed by atoms with Crippen molar-refractivity contribution in [3.05, 3.63) is 82.0 Å². The van der Waals surface area contributed by atoms with Crippen molar-refractivity contribution in [3.63, 3.8) is 0 Å². The quantitative estimate of drug-likeness (QED) is 0.622. The number of benzene rings is 1. The van der Waals surface area contributed by atoms with Gasteiger partial charge in [-0.1, -0.05) is 42.7 Å². The first-order valence-corrected chi connectivity index (χ1v) is 10.6. The van der Waals surface area contributed by atoms with Gasteiger partial charge in [0.1, 0.15) is 5.76 Å². The molecule has 1 unspecified atom stereocenters. The van der Waals surface area contributed by atoms with Crippen LogP contribution >= 0.6 is 11.6 Å². The van der Waals surface area contributed by atoms with Crippen LogP contribution in [0.3, 0.4) is 0 Å². The van der Waals surface area contributed by atoms with E-state index in [0.717, 1.165) is 5.56 Å². The topological polar surface area (TPSA) is 79.5 Å². The maximum absolute atomic E-state index is 13.7. The molecule has 2 aliphatic rings. The van der Waals surface area contributed by atoms with Crippen LogP contribution in [0.1, 0.15) is 51.6 Å². The van der Waals surface area contributed by atoms with Crippen LogP contribution in [0.5, 0.6) is 0 Å². The average molecular weight is 437 g/mol. The van der Waals surface area contributed by atoms with Crippen molar-refractivity contribution in [2.24, 2.45) is 5.92 Å². The van der Waals surface area contributed by atoms with Crippen LogP contribution < -0.4 is 0 Å². The molecule has 1 fully saturated rings. The maximum Gasteiger partial charge on any atom is 0.278 e. The maximum atomic E-state index is 13.7. The first-order chi connectivity index (χ1) is 14.9. The second kappa shape index (κ2) is 7.20. The van der Waals surface area contributed by atoms with Crippen molar-refractivity contribution in [1.29, 1.82) is 0 Å². The number of rotatable bonds is 4. The number of carbonyl (C=O) groups excluding carboxylic acids is 2. The molecule has 0 bridgehead atoms. The molecule has 7 nitrogen and oxygen atoms in total. The summed E-state index contributed by atoms with van der Waals surface area (Å²) in [7, 11) is 0. The molecule has 0 aliphatic carbocycles. The fourth-order valence-electron chi connectivity index (χ4n) is 4.66. The van der Waals surface area contributed by atoms with Gasteiger partial charge >= 0.3 is 0 Å². The molecular formula is C23H21ClN4O3. The third-order valence-corrected chi connectivity index (χ3v) is 6.13. The Morgan fingerprint density at radius 2 is 2.00 bits per heavy atom. The number of hydrogen-bond donors (Lipinski definition) is 0. The van der Waals surface area contributed by atoms with E-state index in [0.29, 0.717) is 47.3 Å². The normalized spacial score (nSPS) is 19.8. The van der Waals surface area contributed by atoms with Gasteiger partial charge < -0.3 is 14.3 Å². The van der Waals surface area contributed by atoms with E-state index in [4.69, 9.17) is 16.1 Å². The Bertz CT molecular complexity index is 1170. The first kappa shape index (κ1) is 19.8. The molecule has 0 radical (unpaired) electrons. The zero-order valence-electron chi connectivity index (χ0n) is 17.2. The lowest BCUT2D eigenvalue weighted by atomic mass is 9.91. The van der Waals surface area contributed by atoms with E-state index in [1.807, 2.05) is 12.1 Å². The summed E-state index contributed by atoms with van der Waals surface area (Å²) < 4.78 is 5.40. The third-order valence-electron chi connectivity index (χ3n) is 5.88. The SMILES string of the molecule is CC(C)Cc1cc(C(=O)N2CCN3C(=O)c4ccncc4C23c2ccc(Cl)cc2)no1. The van der Waals surface area contributed by atoms with Gasteiger partial charge in [0.2, 0.25) is 0 Å². The fraction of sp³-hybridized carbons (Fsp3) is 0.304. The van der Waals surface area contributed by atoms with E-state index >= 15 is 0 Å². The molecule has 1 atom stereocenters. The van der Waals surface area contributed by atoms with Gasteiger partial charge in [-0.15, -0.1) is 0 Å². The summed E-state index contributed by atoms with van der Waals surface area (Å²) in [5.74, 6) is 0.632. The molecule has 3 aromatic rings. The molecule has 8 heteroatoms. The van der Waals surface area contributed by atoms with Crippen LogP contribution in [0.2, 0.25) is 5.02 Å². The van der Waals surface area contributed by atoms with Crippen LogP contribution in [-0.2, 0) is 12.1 Å². The van der Waals surface area contributed by atoms with Crippen LogP contribution in [0.4, 0.5) is 0 Å². The van der Waals surface area contributed by atoms with E-state index in [9.17, 15) is 9.59 Å². The molecule has 2 aliphatic heterocycles. The van der Waals surface area contributed by atoms with Crippen molar-refractivity contribution >= 4 is 23.4 Å². The number of fused-ring (bicyclic) bond motifs is 3. The van der Waals surface area contributed by atoms with E-state index in [2.05, 4.69) is 24.0 Å². The highest BCUT2D eigenvalue weighted by atomic mass is 35.5. The van der Waals surface area contributed by atoms with E-state index in [1.54, 1.807) is 46.5 Å². The monoisotopic (exact) mass is 436 g/mol. The molecule has 31 heavy (non-hydrogen) atoms. The van der Waals surface area contributed by atoms with Gasteiger partial charge in [-0.2, -0.15) is 0 Å². The molecule has 5 rings (SSSR count). The molecular weight excluding hydrogens is 416 g/mol. The summed E-state index contributed by atoms with van der Waals surface area (Å²) in [6, 6.07) is 10.6. The molecule has 4 heterocycles. The van der Waals surface area contributed by atoms with Crippen LogP contribution in [0.15, 0.2) is 53.3 Å². The smallest absolute Gasteiger partial charge is 0.278 e. The minimum absolute atomic E-state index is 0.122. The number of pyridine rings is 1. The number of halogens is 1. The Morgan fingerprint density at radius 3 is 2.74 bits per heavy atom. The van der Waals surface area contributed by atoms with Gasteiger partial charge in [0.25, 0.3) is 11.8 Å². The van der Waals surface area contributed by atoms with Gasteiger partial charge in [0.05, 0.1) is 5.56 Å². The summed E-state index contributed by atoms with van der Waals surface area (Å²) in [6.45, 7) is 4.92. The first-order valence-electron chi connectivity index (χ1n) is 10.2. The highest BCUT2D eigenvalue weighted by Crippen LogP contribution is 2.49. The van der Waals surface area contributed by atoms with Gasteiger partial charge in [-0.05, 0) is 24.1 Å². The minimum Gasteiger partial charge on any atom is -0.361 e. The second-order valence-corrected chi connectivity index (χ2v) is 8.73. The lowest BCUT2D eigenvalue weighted by Crippen LogP contribution is -2.51. The zero-order chi connectivity index (χ0) is 21.8. The van der Waals surface area contributed by atoms with Crippen molar-refractivity contribution in [2.75, 3.05) is 13.1 Å². The molecule has 1 saturated heterocycles. The number of carbonyl (C=O) groups is 2. The number of hydrogen-bond acceptors (Lipinski definition) is 5. The Balaban J connectivity index is 1.66. The zero-order valence-corrected chi connectivity index (χ0v) is 18.0. The highest BCUT2D eigenvalue weighted by molar-refractivity contribution is 6.30. The molecule has 0 spiro atoms. The van der Waals surface area contributed by atoms with Crippen molar-refractivity contribution in [2.45, 2.75) is 25.9 Å². The fourth-order valence-corrected chi connectivity index (χ4v) is 4.79. The molecule has 2 aromatic heterocycles. The van der Waals surface area contributed by atoms with Crippen molar-refractivity contribution in [1.82, 2.24) is 19.9 Å². The van der Waals surface area contributed by atoms with Gasteiger partial charge in [-0.25, -0.2) is 0 Å². The van der Waals surface area contributed by atoms with Crippen LogP contribution in [0.25, 0.3) is 0 Å². The number of aromatic nitrogens is 2. The van der Waals surface area contributed by atoms with Crippen LogP contribution in [-0.4, -0.2) is 44.8 Å². The summed E-state index contributed by atoms with van der Waals surface area (Å²) >= 11 is 6.13. The largest absolute Gasteiger partial charge is 0.361 e. The van der Waals surface area contributed by atoms with E-state index in [1.165, 1.54) is 0 Å². The molecule has 1 aromatic carbocycles. The second-order valence-electron chi connectivity index (χ2n) is 8.29. The summed E-state index contributed by atoms with van der Waals surface area (Å²) in [5, 5.41) is 4.61. The summed E-state index contributed by atoms with van der Waals surface area (Å²) in [4.78, 5) is 34.6. The predicted octanol–water partition coefficient (Wildman–Crippen LogP) is 3.73. The van der Waals surface area contributed by atoms with Gasteiger partial charge in [0.15, 0.2) is 11.4 Å². The molecule has 0 saturated carbocycles. The molecule has 2 amide bonds. The Kier molecular flexibility index (Phi) is 4.59. The lowest BCUT2D eigenvalue weighted by molar-refractivity contribution is 0.0368. The Labute approximate surface area is 184 Å². The van der Waals surface area contributed by atoms with Gasteiger partial charge in [0, 0.05) is 54.1 Å². The Hall–Kier alpha value is -3.19. The molecule has 158 valence electrons. The average Bonchev–Trinajstić information content (AvgIpc) is 3.43. The molecule has 0 N–H and O–H groups in total. The lowest BCUT2D eigenvalue weighted by Gasteiger charge is -2.39. The minimum atomic E-state index is -1.10. The predicted molar refractivity (Wildman–Crippen MR) is 114 cm³/mol. The number of amides is 2. The Morgan fingerprint density at radius 1 is 1.23 bits per heavy atom. The van der Waals surface area contributed by atoms with E-state index < -0.39 is 5.66 Å². The summed E-state index contributed by atoms with van der Waals surface area (Å²) in [6.07, 6.45) is 3.96. The van der Waals surface area contributed by atoms with E-state index in [-0.39, 0.29) is 17.5 Å². The van der Waals surface area contributed by atoms with Gasteiger partial charge in [-0.3, -0.25) is 14.6 Å². The third kappa shape index (κ3) is 2.87. The van der Waals surface area contributed by atoms with Crippen molar-refractivity contribution in [3.8, 4) is 0 Å². The highest BCUT2D eigenvalue weighted by Gasteiger charge is 2.60. The standard InChI is InChI=1S/C23H21ClN4O3/c1-14(2)11-17-12-20(26-31-17)22(30)28-10-9-27-21(29)18-7-8-25-13-19(18)23(27,28)15-3-5-16(24)6-4-15/h3-8,12-14H,9-11H2,1-2H3. The summed E-state index contributed by atoms with van der Waals surface area (Å²) in [5.41, 5.74) is 1.13. The van der Waals surface area contributed by atoms with Crippen molar-refractivity contribution < 1.29 is 14.1 Å². The number of nitrogens with zero attached hydrogens (tertiary/aromatic N) is 4. The van der Waals surface area contributed by atoms with Crippen LogP contribution in [0, 0.1) is 5.92 Å².